The summed E-state index contributed by atoms with van der Waals surface area (Å²) in [7, 11) is 0. The van der Waals surface area contributed by atoms with E-state index in [0.717, 1.165) is 12.8 Å². The molecule has 0 spiro atoms. The fourth-order valence-electron chi connectivity index (χ4n) is 1.71. The van der Waals surface area contributed by atoms with Crippen LogP contribution in [0.15, 0.2) is 24.3 Å². The number of nitrogens with one attached hydrogen (secondary N) is 2. The number of benzene rings is 1. The first-order valence-electron chi connectivity index (χ1n) is 6.37. The number of amides is 2. The van der Waals surface area contributed by atoms with Gasteiger partial charge in [-0.25, -0.2) is 4.79 Å². The van der Waals surface area contributed by atoms with Gasteiger partial charge in [0.2, 0.25) is 0 Å². The maximum absolute atomic E-state index is 11.5. The summed E-state index contributed by atoms with van der Waals surface area (Å²) in [6, 6.07) is 7.76. The molecular weight excluding hydrogens is 228 g/mol. The van der Waals surface area contributed by atoms with Gasteiger partial charge in [0.1, 0.15) is 0 Å². The Kier molecular flexibility index (Phi) is 6.22. The lowest BCUT2D eigenvalue weighted by Gasteiger charge is -2.14. The minimum Gasteiger partial charge on any atom is -0.394 e. The van der Waals surface area contributed by atoms with E-state index < -0.39 is 0 Å². The van der Waals surface area contributed by atoms with Crippen LogP contribution in [0.2, 0.25) is 0 Å². The lowest BCUT2D eigenvalue weighted by atomic mass is 10.1. The molecule has 4 heteroatoms. The molecule has 2 amide bonds. The van der Waals surface area contributed by atoms with Crippen molar-refractivity contribution in [3.63, 3.8) is 0 Å². The van der Waals surface area contributed by atoms with E-state index in [4.69, 9.17) is 5.11 Å². The van der Waals surface area contributed by atoms with E-state index in [2.05, 4.69) is 29.7 Å². The minimum atomic E-state index is -0.218. The van der Waals surface area contributed by atoms with Crippen LogP contribution in [0.1, 0.15) is 24.5 Å². The van der Waals surface area contributed by atoms with Crippen LogP contribution >= 0.6 is 0 Å². The zero-order valence-electron chi connectivity index (χ0n) is 11.1. The molecule has 0 aromatic heterocycles. The van der Waals surface area contributed by atoms with Gasteiger partial charge < -0.3 is 15.7 Å². The number of carbonyl (C=O) groups excluding carboxylic acids is 1. The predicted molar refractivity (Wildman–Crippen MR) is 72.6 cm³/mol. The van der Waals surface area contributed by atoms with Crippen molar-refractivity contribution in [1.29, 1.82) is 0 Å². The molecule has 1 atom stereocenters. The van der Waals surface area contributed by atoms with Gasteiger partial charge in [-0.2, -0.15) is 0 Å². The zero-order chi connectivity index (χ0) is 13.4. The van der Waals surface area contributed by atoms with Gasteiger partial charge in [0.15, 0.2) is 0 Å². The second kappa shape index (κ2) is 7.71. The molecule has 0 saturated carbocycles. The molecule has 18 heavy (non-hydrogen) atoms. The van der Waals surface area contributed by atoms with Crippen LogP contribution in [0.25, 0.3) is 0 Å². The molecule has 0 heterocycles. The molecule has 0 fully saturated rings. The average Bonchev–Trinajstić information content (AvgIpc) is 2.38. The van der Waals surface area contributed by atoms with Crippen molar-refractivity contribution in [1.82, 2.24) is 10.6 Å². The van der Waals surface area contributed by atoms with E-state index in [1.165, 1.54) is 11.1 Å². The summed E-state index contributed by atoms with van der Waals surface area (Å²) < 4.78 is 0. The SMILES string of the molecule is CCC(CO)NC(=O)NCCc1ccccc1C. The molecule has 0 bridgehead atoms. The van der Waals surface area contributed by atoms with E-state index in [1.807, 2.05) is 19.1 Å². The van der Waals surface area contributed by atoms with Gasteiger partial charge in [-0.3, -0.25) is 0 Å². The van der Waals surface area contributed by atoms with Crippen LogP contribution in [-0.2, 0) is 6.42 Å². The number of hydrogen-bond acceptors (Lipinski definition) is 2. The maximum atomic E-state index is 11.5. The summed E-state index contributed by atoms with van der Waals surface area (Å²) in [5.41, 5.74) is 2.48. The predicted octanol–water partition coefficient (Wildman–Crippen LogP) is 1.61. The summed E-state index contributed by atoms with van der Waals surface area (Å²) in [5, 5.41) is 14.5. The van der Waals surface area contributed by atoms with E-state index >= 15 is 0 Å². The summed E-state index contributed by atoms with van der Waals surface area (Å²) in [5.74, 6) is 0. The smallest absolute Gasteiger partial charge is 0.315 e. The van der Waals surface area contributed by atoms with Crippen LogP contribution in [-0.4, -0.2) is 30.3 Å². The molecule has 1 aromatic carbocycles. The van der Waals surface area contributed by atoms with E-state index in [-0.39, 0.29) is 18.7 Å². The highest BCUT2D eigenvalue weighted by molar-refractivity contribution is 5.74. The van der Waals surface area contributed by atoms with E-state index in [9.17, 15) is 4.79 Å². The largest absolute Gasteiger partial charge is 0.394 e. The molecule has 0 aliphatic carbocycles. The molecule has 0 aliphatic heterocycles. The number of aliphatic hydroxyl groups is 1. The second-order valence-electron chi connectivity index (χ2n) is 4.36. The van der Waals surface area contributed by atoms with Gasteiger partial charge >= 0.3 is 6.03 Å². The second-order valence-corrected chi connectivity index (χ2v) is 4.36. The average molecular weight is 250 g/mol. The van der Waals surface area contributed by atoms with Gasteiger partial charge in [0, 0.05) is 6.54 Å². The lowest BCUT2D eigenvalue weighted by Crippen LogP contribution is -2.44. The monoisotopic (exact) mass is 250 g/mol. The highest BCUT2D eigenvalue weighted by Gasteiger charge is 2.08. The highest BCUT2D eigenvalue weighted by Crippen LogP contribution is 2.06. The third-order valence-electron chi connectivity index (χ3n) is 2.99. The van der Waals surface area contributed by atoms with Crippen LogP contribution in [0, 0.1) is 6.92 Å². The molecular formula is C14H22N2O2. The van der Waals surface area contributed by atoms with E-state index in [0.29, 0.717) is 6.54 Å². The van der Waals surface area contributed by atoms with Crippen LogP contribution in [0.4, 0.5) is 4.79 Å². The Morgan fingerprint density at radius 3 is 2.72 bits per heavy atom. The molecule has 0 aliphatic rings. The summed E-state index contributed by atoms with van der Waals surface area (Å²) in [6.07, 6.45) is 1.54. The van der Waals surface area contributed by atoms with Crippen LogP contribution in [0.5, 0.6) is 0 Å². The van der Waals surface area contributed by atoms with Crippen molar-refractivity contribution in [2.24, 2.45) is 0 Å². The molecule has 1 rings (SSSR count). The van der Waals surface area contributed by atoms with Crippen molar-refractivity contribution in [3.8, 4) is 0 Å². The number of hydrogen-bond donors (Lipinski definition) is 3. The number of urea groups is 1. The first-order valence-corrected chi connectivity index (χ1v) is 6.37. The van der Waals surface area contributed by atoms with Crippen molar-refractivity contribution >= 4 is 6.03 Å². The highest BCUT2D eigenvalue weighted by atomic mass is 16.3. The van der Waals surface area contributed by atoms with E-state index in [1.54, 1.807) is 0 Å². The quantitative estimate of drug-likeness (QED) is 0.718. The molecule has 0 radical (unpaired) electrons. The van der Waals surface area contributed by atoms with Gasteiger partial charge in [-0.15, -0.1) is 0 Å². The van der Waals surface area contributed by atoms with Crippen LogP contribution < -0.4 is 10.6 Å². The molecule has 1 unspecified atom stereocenters. The summed E-state index contributed by atoms with van der Waals surface area (Å²) in [6.45, 7) is 4.56. The first-order chi connectivity index (χ1) is 8.67. The molecule has 0 saturated heterocycles. The van der Waals surface area contributed by atoms with Crippen molar-refractivity contribution in [2.75, 3.05) is 13.2 Å². The Labute approximate surface area is 108 Å². The first kappa shape index (κ1) is 14.5. The van der Waals surface area contributed by atoms with Gasteiger partial charge in [-0.1, -0.05) is 31.2 Å². The summed E-state index contributed by atoms with van der Waals surface area (Å²) in [4.78, 5) is 11.5. The van der Waals surface area contributed by atoms with Crippen LogP contribution in [0.3, 0.4) is 0 Å². The third kappa shape index (κ3) is 4.75. The van der Waals surface area contributed by atoms with Crippen molar-refractivity contribution in [3.05, 3.63) is 35.4 Å². The molecule has 3 N–H and O–H groups in total. The Hall–Kier alpha value is -1.55. The van der Waals surface area contributed by atoms with Crippen molar-refractivity contribution < 1.29 is 9.90 Å². The normalized spacial score (nSPS) is 11.9. The molecule has 4 nitrogen and oxygen atoms in total. The molecule has 100 valence electrons. The lowest BCUT2D eigenvalue weighted by molar-refractivity contribution is 0.214. The minimum absolute atomic E-state index is 0.0261. The number of carbonyl (C=O) groups is 1. The van der Waals surface area contributed by atoms with Gasteiger partial charge in [0.05, 0.1) is 12.6 Å². The maximum Gasteiger partial charge on any atom is 0.315 e. The topological polar surface area (TPSA) is 61.4 Å². The Bertz CT molecular complexity index is 376. The third-order valence-corrected chi connectivity index (χ3v) is 2.99. The fourth-order valence-corrected chi connectivity index (χ4v) is 1.71. The van der Waals surface area contributed by atoms with Gasteiger partial charge in [0.25, 0.3) is 0 Å². The zero-order valence-corrected chi connectivity index (χ0v) is 11.1. The van der Waals surface area contributed by atoms with Crippen molar-refractivity contribution in [2.45, 2.75) is 32.7 Å². The Balaban J connectivity index is 2.29. The summed E-state index contributed by atoms with van der Waals surface area (Å²) >= 11 is 0. The number of rotatable bonds is 6. The number of aliphatic hydroxyl groups excluding tert-OH is 1. The number of aryl methyl sites for hydroxylation is 1. The fraction of sp³-hybridized carbons (Fsp3) is 0.500. The van der Waals surface area contributed by atoms with Gasteiger partial charge in [-0.05, 0) is 30.9 Å². The Morgan fingerprint density at radius 2 is 2.11 bits per heavy atom. The molecule has 1 aromatic rings. The standard InChI is InChI=1S/C14H22N2O2/c1-3-13(10-17)16-14(18)15-9-8-12-7-5-4-6-11(12)2/h4-7,13,17H,3,8-10H2,1-2H3,(H2,15,16,18). The Morgan fingerprint density at radius 1 is 1.39 bits per heavy atom.